The van der Waals surface area contributed by atoms with E-state index >= 15 is 0 Å². The number of nitrogens with zero attached hydrogens (tertiary/aromatic N) is 1. The molecule has 8 saturated carbocycles. The predicted molar refractivity (Wildman–Crippen MR) is 462 cm³/mol. The van der Waals surface area contributed by atoms with Crippen molar-refractivity contribution in [3.63, 3.8) is 0 Å². The molecule has 1 heterocycles. The van der Waals surface area contributed by atoms with Crippen LogP contribution in [0.3, 0.4) is 0 Å². The first-order chi connectivity index (χ1) is 58.8. The van der Waals surface area contributed by atoms with Gasteiger partial charge in [0.25, 0.3) is 0 Å². The highest BCUT2D eigenvalue weighted by Crippen LogP contribution is 2.70. The zero-order valence-corrected chi connectivity index (χ0v) is 75.5. The average molecular weight is 1780 g/mol. The van der Waals surface area contributed by atoms with Crippen molar-refractivity contribution in [2.45, 2.75) is 204 Å². The lowest BCUT2D eigenvalue weighted by atomic mass is 9.43. The fourth-order valence-electron chi connectivity index (χ4n) is 20.8. The highest BCUT2D eigenvalue weighted by Gasteiger charge is 2.68. The van der Waals surface area contributed by atoms with E-state index in [2.05, 4.69) is 205 Å². The number of carbonyl (C=O) groups excluding carboxylic acids is 5. The molecule has 6 aromatic rings. The van der Waals surface area contributed by atoms with Crippen molar-refractivity contribution in [2.24, 2.45) is 69.5 Å². The molecule has 0 aromatic heterocycles. The van der Waals surface area contributed by atoms with Crippen molar-refractivity contribution in [2.75, 3.05) is 98.6 Å². The third-order valence-electron chi connectivity index (χ3n) is 26.1. The van der Waals surface area contributed by atoms with Crippen molar-refractivity contribution < 1.29 is 106 Å². The predicted octanol–water partition coefficient (Wildman–Crippen LogP) is 16.0. The molecule has 123 heavy (non-hydrogen) atoms. The molecule has 2 unspecified atom stereocenters. The Morgan fingerprint density at radius 3 is 1.39 bits per heavy atom. The van der Waals surface area contributed by atoms with Gasteiger partial charge in [0, 0.05) is 65.3 Å². The van der Waals surface area contributed by atoms with Crippen LogP contribution in [0.2, 0.25) is 0 Å². The molecule has 8 aliphatic carbocycles. The Balaban J connectivity index is 0.000000174. The van der Waals surface area contributed by atoms with Crippen LogP contribution in [0.4, 0.5) is 8.78 Å². The summed E-state index contributed by atoms with van der Waals surface area (Å²) < 4.78 is 146. The van der Waals surface area contributed by atoms with Crippen molar-refractivity contribution >= 4 is 71.9 Å². The van der Waals surface area contributed by atoms with Crippen molar-refractivity contribution in [3.8, 4) is 0 Å². The molecule has 9 fully saturated rings. The molecule has 12 atom stereocenters. The van der Waals surface area contributed by atoms with Gasteiger partial charge in [-0.1, -0.05) is 130 Å². The highest BCUT2D eigenvalue weighted by atomic mass is 32.2. The maximum absolute atomic E-state index is 13.9. The van der Waals surface area contributed by atoms with E-state index in [1.165, 1.54) is 69.4 Å². The number of methoxy groups -OCH3 is 1. The molecule has 0 amide bonds. The maximum Gasteiger partial charge on any atom is 0.369 e. The first-order valence-electron chi connectivity index (χ1n) is 43.3. The average Bonchev–Trinajstić information content (AvgIpc) is 1.16. The summed E-state index contributed by atoms with van der Waals surface area (Å²) >= 11 is 0. The van der Waals surface area contributed by atoms with Crippen LogP contribution in [-0.2, 0) is 113 Å². The first kappa shape index (κ1) is 98.0. The molecule has 22 nitrogen and oxygen atoms in total. The maximum atomic E-state index is 13.9. The molecule has 28 heteroatoms. The van der Waals surface area contributed by atoms with Gasteiger partial charge in [0.05, 0.1) is 103 Å². The zero-order chi connectivity index (χ0) is 88.4. The zero-order valence-electron chi connectivity index (χ0n) is 72.2. The summed E-state index contributed by atoms with van der Waals surface area (Å²) in [6, 6.07) is 64.3. The summed E-state index contributed by atoms with van der Waals surface area (Å²) in [6.07, 6.45) is 7.75. The van der Waals surface area contributed by atoms with E-state index in [1.54, 1.807) is 7.11 Å². The van der Waals surface area contributed by atoms with Gasteiger partial charge in [0.2, 0.25) is 0 Å². The molecule has 674 valence electrons. The number of hydrogen-bond acceptors (Lipinski definition) is 22. The van der Waals surface area contributed by atoms with Gasteiger partial charge >= 0.3 is 35.1 Å². The fraction of sp³-hybridized carbons (Fsp3) is 0.568. The number of morpholine rings is 1. The van der Waals surface area contributed by atoms with Crippen LogP contribution in [0.25, 0.3) is 0 Å². The molecular weight excluding hydrogens is 1660 g/mol. The van der Waals surface area contributed by atoms with Crippen LogP contribution < -0.4 is 0 Å². The number of hydrogen-bond donors (Lipinski definition) is 0. The fourth-order valence-corrected chi connectivity index (χ4v) is 25.8. The SMILES string of the molecule is CC(=O)O[C@@H]1CC[C@@]2(C)[C@@H](C1)C[C@@H](OC(C)=O)[C@@H]1[C@@H]2C[C@H](OC(C)=O)[C@]2(C)[C@@H](C(C)CCC(=O)OC(C)C(F)(F)S(=O)(=O)[O-])CC[C@@H]12.COCCOCCOCCOCCN1CCOCC1.O=C(OCCS(=O)(=O)[O-])C12CC3CC(CC(C3)C1)C2.c1ccc([S+](c2ccccc2)c2ccccc2)cc1.c1ccc([S+](c2ccccc2)c2ccccc2)cc1. The monoisotopic (exact) mass is 1780 g/mol. The first-order valence-corrected chi connectivity index (χ1v) is 48.7. The van der Waals surface area contributed by atoms with E-state index in [-0.39, 0.29) is 118 Å². The smallest absolute Gasteiger partial charge is 0.369 e. The van der Waals surface area contributed by atoms with Crippen molar-refractivity contribution in [1.29, 1.82) is 0 Å². The van der Waals surface area contributed by atoms with E-state index in [9.17, 15) is 58.7 Å². The van der Waals surface area contributed by atoms with Crippen molar-refractivity contribution in [1.82, 2.24) is 4.90 Å². The van der Waals surface area contributed by atoms with Crippen molar-refractivity contribution in [3.05, 3.63) is 182 Å². The van der Waals surface area contributed by atoms with Gasteiger partial charge in [-0.25, -0.2) is 16.8 Å². The number of esters is 5. The molecule has 9 aliphatic rings. The van der Waals surface area contributed by atoms with Gasteiger partial charge < -0.3 is 56.5 Å². The minimum atomic E-state index is -6.02. The molecule has 1 aliphatic heterocycles. The summed E-state index contributed by atoms with van der Waals surface area (Å²) in [6.45, 7) is 20.0. The summed E-state index contributed by atoms with van der Waals surface area (Å²) in [4.78, 5) is 72.0. The van der Waals surface area contributed by atoms with Gasteiger partial charge in [-0.3, -0.25) is 28.9 Å². The summed E-state index contributed by atoms with van der Waals surface area (Å²) in [7, 11) is -8.70. The van der Waals surface area contributed by atoms with E-state index < -0.39 is 60.8 Å². The van der Waals surface area contributed by atoms with E-state index in [0.29, 0.717) is 83.6 Å². The molecule has 15 rings (SSSR count). The second-order valence-electron chi connectivity index (χ2n) is 34.3. The van der Waals surface area contributed by atoms with E-state index in [0.717, 1.165) is 84.4 Å². The number of alkyl halides is 2. The van der Waals surface area contributed by atoms with E-state index in [1.807, 2.05) is 6.92 Å². The quantitative estimate of drug-likeness (QED) is 0.0125. The number of fused-ring (bicyclic) bond motifs is 5. The lowest BCUT2D eigenvalue weighted by Gasteiger charge is -2.64. The topological polar surface area (TPSA) is 295 Å². The largest absolute Gasteiger partial charge is 0.748 e. The lowest BCUT2D eigenvalue weighted by Crippen LogP contribution is -2.63. The molecule has 0 N–H and O–H groups in total. The number of rotatable bonds is 32. The Bertz CT molecular complexity index is 4150. The van der Waals surface area contributed by atoms with Crippen LogP contribution in [0.15, 0.2) is 211 Å². The van der Waals surface area contributed by atoms with Gasteiger partial charge in [0.1, 0.15) is 24.9 Å². The minimum Gasteiger partial charge on any atom is -0.748 e. The Hall–Kier alpha value is -7.19. The molecule has 4 bridgehead atoms. The number of ether oxygens (including phenoxy) is 10. The third kappa shape index (κ3) is 27.4. The van der Waals surface area contributed by atoms with E-state index in [4.69, 9.17) is 42.6 Å². The normalized spacial score (nSPS) is 26.7. The highest BCUT2D eigenvalue weighted by molar-refractivity contribution is 7.97. The standard InChI is InChI=1S/C33H50F2O11S.2C18H15S.C13H27NO5.C13H20O5S/c1-17(8-11-29(39)43-18(2)33(34,35)47(40,41)42)24-9-10-25-30-26(16-28(32(24,25)7)46-21(5)38)31(6)13-12-23(44-19(3)36)14-22(31)15-27(30)45-20(4)37;2*1-4-10-16(11-5-1)19(17-12-6-2-7-13-17)18-14-8-3-9-15-18;1-15-8-9-18-12-13-19-11-10-17-7-4-14-2-5-16-6-3-14;14-12(18-1-2-19(15,16)17)13-6-9-3-10(7-13)5-11(4-9)8-13/h17-18,22-28,30H,8-16H2,1-7H3,(H,40,41,42);2*1-15H;2-13H2,1H3;9-11H,1-8H2,(H,15,16,17)/q;2*+1;;/p-2/t17?,18?,22-,23+,24+,25-,26-,27+,28-,30-,31-,32+;;;;/m0..../s1. The molecule has 0 spiro atoms. The van der Waals surface area contributed by atoms with Gasteiger partial charge in [-0.15, -0.1) is 0 Å². The molecule has 6 aromatic carbocycles. The Kier molecular flexibility index (Phi) is 37.1. The molecular formula is C95H125F2NO21S4. The van der Waals surface area contributed by atoms with Crippen LogP contribution in [-0.4, -0.2) is 189 Å². The summed E-state index contributed by atoms with van der Waals surface area (Å²) in [5, 5.41) is -4.76. The Morgan fingerprint density at radius 1 is 0.545 bits per heavy atom. The third-order valence-corrected chi connectivity index (χ3v) is 32.2. The summed E-state index contributed by atoms with van der Waals surface area (Å²) in [5.74, 6) is -1.12. The molecule has 1 saturated heterocycles. The van der Waals surface area contributed by atoms with Gasteiger partial charge in [-0.2, -0.15) is 8.78 Å². The lowest BCUT2D eigenvalue weighted by molar-refractivity contribution is -0.224. The number of benzene rings is 6. The van der Waals surface area contributed by atoms with Gasteiger partial charge in [-0.05, 0) is 222 Å². The number of carbonyl (C=O) groups is 5. The van der Waals surface area contributed by atoms with Crippen LogP contribution in [0, 0.1) is 69.5 Å². The second-order valence-corrected chi connectivity index (χ2v) is 41.3. The molecule has 0 radical (unpaired) electrons. The van der Waals surface area contributed by atoms with Crippen LogP contribution in [0.1, 0.15) is 145 Å². The second kappa shape index (κ2) is 46.5. The van der Waals surface area contributed by atoms with Crippen LogP contribution >= 0.6 is 0 Å². The minimum absolute atomic E-state index is 0.0125. The van der Waals surface area contributed by atoms with Crippen LogP contribution in [0.5, 0.6) is 0 Å². The van der Waals surface area contributed by atoms with Gasteiger partial charge in [0.15, 0.2) is 45.6 Å². The Labute approximate surface area is 732 Å². The summed E-state index contributed by atoms with van der Waals surface area (Å²) in [5.41, 5.74) is -1.09. The Morgan fingerprint density at radius 2 is 0.976 bits per heavy atom. The number of halogens is 2.